The lowest BCUT2D eigenvalue weighted by atomic mass is 9.93. The van der Waals surface area contributed by atoms with E-state index in [4.69, 9.17) is 9.97 Å². The molecule has 0 radical (unpaired) electrons. The summed E-state index contributed by atoms with van der Waals surface area (Å²) in [5, 5.41) is 8.17. The van der Waals surface area contributed by atoms with Gasteiger partial charge in [0.1, 0.15) is 5.82 Å². The van der Waals surface area contributed by atoms with E-state index in [0.717, 1.165) is 47.7 Å². The van der Waals surface area contributed by atoms with E-state index in [9.17, 15) is 0 Å². The van der Waals surface area contributed by atoms with Crippen molar-refractivity contribution in [2.45, 2.75) is 57.3 Å². The third-order valence-electron chi connectivity index (χ3n) is 9.46. The van der Waals surface area contributed by atoms with Crippen LogP contribution in [0.1, 0.15) is 67.6 Å². The molecule has 0 aliphatic heterocycles. The minimum atomic E-state index is -0.136. The van der Waals surface area contributed by atoms with Gasteiger partial charge < -0.3 is 10.6 Å². The van der Waals surface area contributed by atoms with Crippen molar-refractivity contribution in [2.24, 2.45) is 10.8 Å². The van der Waals surface area contributed by atoms with Crippen LogP contribution in [0.3, 0.4) is 0 Å². The van der Waals surface area contributed by atoms with Crippen LogP contribution in [0.4, 0.5) is 11.5 Å². The molecule has 3 fully saturated rings. The van der Waals surface area contributed by atoms with Gasteiger partial charge in [-0.15, -0.1) is 0 Å². The van der Waals surface area contributed by atoms with Crippen molar-refractivity contribution in [2.75, 3.05) is 10.6 Å². The summed E-state index contributed by atoms with van der Waals surface area (Å²) in [4.78, 5) is 9.46. The molecule has 0 amide bonds. The molecular weight excluding hydrogens is 476 g/mol. The Balaban J connectivity index is 1.01. The molecule has 2 aromatic heterocycles. The normalized spacial score (nSPS) is 20.1. The lowest BCUT2D eigenvalue weighted by Crippen LogP contribution is -2.19. The van der Waals surface area contributed by atoms with Crippen LogP contribution in [0.15, 0.2) is 104 Å². The maximum absolute atomic E-state index is 4.74. The van der Waals surface area contributed by atoms with Crippen molar-refractivity contribution >= 4 is 22.4 Å². The molecule has 3 saturated carbocycles. The first-order chi connectivity index (χ1) is 19.0. The number of para-hydroxylation sites is 1. The predicted octanol–water partition coefficient (Wildman–Crippen LogP) is 8.60. The summed E-state index contributed by atoms with van der Waals surface area (Å²) in [5.74, 6) is 1.53. The van der Waals surface area contributed by atoms with Gasteiger partial charge in [-0.2, -0.15) is 0 Å². The fraction of sp³-hybridized carbons (Fsp3) is 0.314. The number of pyridine rings is 2. The molecule has 39 heavy (non-hydrogen) atoms. The summed E-state index contributed by atoms with van der Waals surface area (Å²) >= 11 is 0. The molecule has 196 valence electrons. The second-order valence-electron chi connectivity index (χ2n) is 12.1. The van der Waals surface area contributed by atoms with E-state index in [0.29, 0.717) is 11.3 Å². The molecule has 2 aromatic carbocycles. The Morgan fingerprint density at radius 2 is 1.67 bits per heavy atom. The van der Waals surface area contributed by atoms with Crippen LogP contribution < -0.4 is 10.6 Å². The Kier molecular flexibility index (Phi) is 5.80. The summed E-state index contributed by atoms with van der Waals surface area (Å²) in [6, 6.07) is 23.5. The van der Waals surface area contributed by atoms with Gasteiger partial charge in [0.2, 0.25) is 0 Å². The Morgan fingerprint density at radius 1 is 0.846 bits per heavy atom. The zero-order valence-corrected chi connectivity index (χ0v) is 22.5. The highest BCUT2D eigenvalue weighted by atomic mass is 15.0. The zero-order valence-electron chi connectivity index (χ0n) is 22.5. The largest absolute Gasteiger partial charge is 0.359 e. The monoisotopic (exact) mass is 512 g/mol. The number of fused-ring (bicyclic) bond motifs is 1. The molecule has 3 aliphatic rings. The maximum atomic E-state index is 4.74. The lowest BCUT2D eigenvalue weighted by Gasteiger charge is -2.23. The van der Waals surface area contributed by atoms with E-state index in [1.807, 2.05) is 30.6 Å². The van der Waals surface area contributed by atoms with Gasteiger partial charge in [-0.05, 0) is 110 Å². The molecular formula is C35H36N4. The summed E-state index contributed by atoms with van der Waals surface area (Å²) in [6.45, 7) is 8.69. The average Bonchev–Trinajstić information content (AvgIpc) is 3.87. The van der Waals surface area contributed by atoms with Crippen molar-refractivity contribution < 1.29 is 0 Å². The van der Waals surface area contributed by atoms with Crippen LogP contribution in [0, 0.1) is 10.8 Å². The summed E-state index contributed by atoms with van der Waals surface area (Å²) in [6.07, 6.45) is 13.8. The van der Waals surface area contributed by atoms with Crippen LogP contribution in [-0.2, 0) is 6.42 Å². The minimum Gasteiger partial charge on any atom is -0.359 e. The Morgan fingerprint density at radius 3 is 2.38 bits per heavy atom. The molecule has 1 spiro atoms. The highest BCUT2D eigenvalue weighted by Crippen LogP contribution is 2.61. The number of rotatable bonds is 9. The lowest BCUT2D eigenvalue weighted by molar-refractivity contribution is 0.524. The molecule has 0 bridgehead atoms. The second kappa shape index (κ2) is 9.37. The smallest absolute Gasteiger partial charge is 0.130 e. The number of hydrogen-bond donors (Lipinski definition) is 2. The average molecular weight is 513 g/mol. The Bertz CT molecular complexity index is 1550. The first-order valence-corrected chi connectivity index (χ1v) is 14.3. The van der Waals surface area contributed by atoms with Crippen LogP contribution in [0.2, 0.25) is 0 Å². The van der Waals surface area contributed by atoms with Crippen molar-refractivity contribution in [1.82, 2.24) is 9.97 Å². The molecule has 4 heteroatoms. The highest BCUT2D eigenvalue weighted by molar-refractivity contribution is 5.83. The van der Waals surface area contributed by atoms with Crippen molar-refractivity contribution in [3.8, 4) is 0 Å². The van der Waals surface area contributed by atoms with Crippen LogP contribution in [-0.4, -0.2) is 9.97 Å². The van der Waals surface area contributed by atoms with Crippen LogP contribution in [0.5, 0.6) is 0 Å². The first-order valence-electron chi connectivity index (χ1n) is 14.3. The van der Waals surface area contributed by atoms with Crippen LogP contribution >= 0.6 is 0 Å². The predicted molar refractivity (Wildman–Crippen MR) is 161 cm³/mol. The van der Waals surface area contributed by atoms with E-state index in [1.54, 1.807) is 0 Å². The number of nitrogens with one attached hydrogen (secondary N) is 2. The molecule has 1 unspecified atom stereocenters. The van der Waals surface area contributed by atoms with Crippen molar-refractivity contribution in [3.63, 3.8) is 0 Å². The second-order valence-corrected chi connectivity index (χ2v) is 12.1. The molecule has 7 rings (SSSR count). The quantitative estimate of drug-likeness (QED) is 0.236. The fourth-order valence-electron chi connectivity index (χ4n) is 6.58. The van der Waals surface area contributed by atoms with E-state index < -0.39 is 0 Å². The summed E-state index contributed by atoms with van der Waals surface area (Å²) in [7, 11) is 0. The number of nitrogens with zero attached hydrogens (tertiary/aromatic N) is 2. The minimum absolute atomic E-state index is 0.136. The van der Waals surface area contributed by atoms with Crippen molar-refractivity contribution in [1.29, 1.82) is 0 Å². The standard InChI is InChI=1S/C35H36N4/c1-24(38-30-6-4-3-5-7-30)35(17-18-35)25(2)39-33-11-8-26(23-37-33)20-28-13-19-36-32-21-27(9-10-31(28)32)29-12-14-34(22-29)15-16-34/h3-11,13,19,21,23,29,38H,1-2,12,14-18,20,22H2,(H,37,39). The molecule has 4 aromatic rings. The van der Waals surface area contributed by atoms with Crippen LogP contribution in [0.25, 0.3) is 10.9 Å². The third kappa shape index (κ3) is 4.73. The molecule has 0 saturated heterocycles. The van der Waals surface area contributed by atoms with Gasteiger partial charge in [0, 0.05) is 40.3 Å². The van der Waals surface area contributed by atoms with Gasteiger partial charge in [-0.25, -0.2) is 4.98 Å². The summed E-state index contributed by atoms with van der Waals surface area (Å²) < 4.78 is 0. The fourth-order valence-corrected chi connectivity index (χ4v) is 6.58. The zero-order chi connectivity index (χ0) is 26.5. The molecule has 3 aliphatic carbocycles. The molecule has 1 atom stereocenters. The van der Waals surface area contributed by atoms with E-state index in [-0.39, 0.29) is 5.41 Å². The highest BCUT2D eigenvalue weighted by Gasteiger charge is 2.49. The molecule has 2 heterocycles. The van der Waals surface area contributed by atoms with E-state index >= 15 is 0 Å². The van der Waals surface area contributed by atoms with E-state index in [1.165, 1.54) is 54.2 Å². The molecule has 4 nitrogen and oxygen atoms in total. The van der Waals surface area contributed by atoms with Gasteiger partial charge in [0.15, 0.2) is 0 Å². The van der Waals surface area contributed by atoms with E-state index in [2.05, 4.69) is 72.3 Å². The Hall–Kier alpha value is -3.92. The molecule has 2 N–H and O–H groups in total. The number of anilines is 2. The summed E-state index contributed by atoms with van der Waals surface area (Å²) in [5.41, 5.74) is 8.61. The van der Waals surface area contributed by atoms with Gasteiger partial charge >= 0.3 is 0 Å². The van der Waals surface area contributed by atoms with Gasteiger partial charge in [0.25, 0.3) is 0 Å². The van der Waals surface area contributed by atoms with Gasteiger partial charge in [-0.1, -0.05) is 49.6 Å². The number of hydrogen-bond acceptors (Lipinski definition) is 4. The SMILES string of the molecule is C=C(Nc1ccccc1)C1(C(=C)Nc2ccc(Cc3ccnc4cc(C5CCC6(CC6)C5)ccc34)cn2)CC1. The van der Waals surface area contributed by atoms with Gasteiger partial charge in [0.05, 0.1) is 5.52 Å². The maximum Gasteiger partial charge on any atom is 0.130 e. The topological polar surface area (TPSA) is 49.8 Å². The first kappa shape index (κ1) is 24.1. The van der Waals surface area contributed by atoms with Gasteiger partial charge in [-0.3, -0.25) is 4.98 Å². The number of aromatic nitrogens is 2. The Labute approximate surface area is 231 Å². The number of benzene rings is 2. The van der Waals surface area contributed by atoms with Crippen molar-refractivity contribution in [3.05, 3.63) is 120 Å². The third-order valence-corrected chi connectivity index (χ3v) is 9.46.